The zero-order chi connectivity index (χ0) is 11.7. The minimum absolute atomic E-state index is 0.0201. The van der Waals surface area contributed by atoms with Crippen molar-refractivity contribution in [3.05, 3.63) is 0 Å². The second kappa shape index (κ2) is 8.23. The predicted octanol–water partition coefficient (Wildman–Crippen LogP) is 0.137. The molecule has 88 valence electrons. The third-order valence-electron chi connectivity index (χ3n) is 2.11. The summed E-state index contributed by atoms with van der Waals surface area (Å²) in [7, 11) is 2.91. The molecule has 0 spiro atoms. The molecule has 0 saturated heterocycles. The van der Waals surface area contributed by atoms with Crippen molar-refractivity contribution in [2.45, 2.75) is 25.7 Å². The van der Waals surface area contributed by atoms with Crippen molar-refractivity contribution in [3.8, 4) is 0 Å². The van der Waals surface area contributed by atoms with Gasteiger partial charge in [-0.1, -0.05) is 6.42 Å². The monoisotopic (exact) mass is 216 g/mol. The Labute approximate surface area is 90.6 Å². The molecule has 0 radical (unpaired) electrons. The van der Waals surface area contributed by atoms with Gasteiger partial charge >= 0.3 is 5.97 Å². The van der Waals surface area contributed by atoms with E-state index < -0.39 is 5.97 Å². The molecule has 1 amide bonds. The lowest BCUT2D eigenvalue weighted by Gasteiger charge is -2.15. The minimum Gasteiger partial charge on any atom is -0.468 e. The van der Waals surface area contributed by atoms with Gasteiger partial charge in [0, 0.05) is 13.5 Å². The molecule has 5 nitrogen and oxygen atoms in total. The molecule has 0 aromatic carbocycles. The second-order valence-electron chi connectivity index (χ2n) is 3.43. The number of nitrogens with two attached hydrogens (primary N) is 1. The van der Waals surface area contributed by atoms with Crippen LogP contribution in [0.5, 0.6) is 0 Å². The van der Waals surface area contributed by atoms with Crippen LogP contribution in [-0.4, -0.2) is 44.0 Å². The summed E-state index contributed by atoms with van der Waals surface area (Å²) in [5.74, 6) is -0.426. The van der Waals surface area contributed by atoms with Gasteiger partial charge in [0.05, 0.1) is 7.11 Å². The second-order valence-corrected chi connectivity index (χ2v) is 3.43. The van der Waals surface area contributed by atoms with E-state index in [1.807, 2.05) is 0 Å². The van der Waals surface area contributed by atoms with Gasteiger partial charge in [-0.15, -0.1) is 0 Å². The highest BCUT2D eigenvalue weighted by Crippen LogP contribution is 2.01. The van der Waals surface area contributed by atoms with Gasteiger partial charge in [-0.3, -0.25) is 9.59 Å². The molecule has 0 rings (SSSR count). The van der Waals surface area contributed by atoms with Crippen molar-refractivity contribution >= 4 is 11.9 Å². The number of likely N-dealkylation sites (N-methyl/N-ethyl adjacent to an activating group) is 1. The summed E-state index contributed by atoms with van der Waals surface area (Å²) in [6.07, 6.45) is 3.18. The number of nitrogens with zero attached hydrogens (tertiary/aromatic N) is 1. The molecule has 0 bridgehead atoms. The molecule has 0 aliphatic carbocycles. The lowest BCUT2D eigenvalue weighted by molar-refractivity contribution is -0.146. The molecule has 0 atom stereocenters. The van der Waals surface area contributed by atoms with Gasteiger partial charge in [-0.25, -0.2) is 0 Å². The van der Waals surface area contributed by atoms with E-state index in [2.05, 4.69) is 4.74 Å². The maximum absolute atomic E-state index is 11.4. The van der Waals surface area contributed by atoms with E-state index in [9.17, 15) is 9.59 Å². The fourth-order valence-corrected chi connectivity index (χ4v) is 1.13. The van der Waals surface area contributed by atoms with Crippen LogP contribution in [0.25, 0.3) is 0 Å². The standard InChI is InChI=1S/C10H20N2O3/c1-12(8-10(14)15-2)9(13)6-4-3-5-7-11/h3-8,11H2,1-2H3. The van der Waals surface area contributed by atoms with Gasteiger partial charge in [-0.05, 0) is 19.4 Å². The Bertz CT molecular complexity index is 207. The fourth-order valence-electron chi connectivity index (χ4n) is 1.13. The predicted molar refractivity (Wildman–Crippen MR) is 57.2 cm³/mol. The number of carbonyl (C=O) groups is 2. The third-order valence-corrected chi connectivity index (χ3v) is 2.11. The van der Waals surface area contributed by atoms with Gasteiger partial charge in [-0.2, -0.15) is 0 Å². The fraction of sp³-hybridized carbons (Fsp3) is 0.800. The van der Waals surface area contributed by atoms with E-state index in [4.69, 9.17) is 5.73 Å². The largest absolute Gasteiger partial charge is 0.468 e. The number of carbonyl (C=O) groups excluding carboxylic acids is 2. The molecule has 0 fully saturated rings. The number of ether oxygens (including phenoxy) is 1. The molecule has 5 heteroatoms. The summed E-state index contributed by atoms with van der Waals surface area (Å²) in [5.41, 5.74) is 5.33. The summed E-state index contributed by atoms with van der Waals surface area (Å²) < 4.78 is 4.46. The van der Waals surface area contributed by atoms with Crippen molar-refractivity contribution in [1.29, 1.82) is 0 Å². The Morgan fingerprint density at radius 2 is 1.93 bits per heavy atom. The van der Waals surface area contributed by atoms with E-state index in [0.29, 0.717) is 13.0 Å². The molecule has 0 unspecified atom stereocenters. The van der Waals surface area contributed by atoms with E-state index in [0.717, 1.165) is 19.3 Å². The van der Waals surface area contributed by atoms with Gasteiger partial charge < -0.3 is 15.4 Å². The van der Waals surface area contributed by atoms with Crippen LogP contribution in [0.1, 0.15) is 25.7 Å². The number of hydrogen-bond donors (Lipinski definition) is 1. The molecule has 15 heavy (non-hydrogen) atoms. The van der Waals surface area contributed by atoms with Gasteiger partial charge in [0.25, 0.3) is 0 Å². The lowest BCUT2D eigenvalue weighted by atomic mass is 10.2. The summed E-state index contributed by atoms with van der Waals surface area (Å²) in [5, 5.41) is 0. The zero-order valence-electron chi connectivity index (χ0n) is 9.49. The van der Waals surface area contributed by atoms with E-state index in [-0.39, 0.29) is 12.5 Å². The summed E-state index contributed by atoms with van der Waals surface area (Å²) in [6.45, 7) is 0.679. The molecule has 0 saturated carbocycles. The Balaban J connectivity index is 3.64. The Hall–Kier alpha value is -1.10. The third kappa shape index (κ3) is 6.90. The first-order valence-electron chi connectivity index (χ1n) is 5.12. The number of esters is 1. The maximum atomic E-state index is 11.4. The number of unbranched alkanes of at least 4 members (excludes halogenated alkanes) is 2. The highest BCUT2D eigenvalue weighted by molar-refractivity contribution is 5.81. The summed E-state index contributed by atoms with van der Waals surface area (Å²) >= 11 is 0. The smallest absolute Gasteiger partial charge is 0.325 e. The number of methoxy groups -OCH3 is 1. The van der Waals surface area contributed by atoms with Crippen LogP contribution in [0.4, 0.5) is 0 Å². The molecular formula is C10H20N2O3. The molecule has 0 aromatic rings. The molecule has 0 heterocycles. The van der Waals surface area contributed by atoms with Crippen LogP contribution in [0, 0.1) is 0 Å². The average Bonchev–Trinajstić information content (AvgIpc) is 2.23. The minimum atomic E-state index is -0.396. The molecule has 0 aliphatic rings. The average molecular weight is 216 g/mol. The van der Waals surface area contributed by atoms with Crippen LogP contribution in [0.2, 0.25) is 0 Å². The van der Waals surface area contributed by atoms with E-state index in [1.54, 1.807) is 7.05 Å². The Morgan fingerprint density at radius 3 is 2.47 bits per heavy atom. The molecule has 0 aromatic heterocycles. The van der Waals surface area contributed by atoms with Crippen molar-refractivity contribution in [1.82, 2.24) is 4.90 Å². The first-order valence-corrected chi connectivity index (χ1v) is 5.12. The molecular weight excluding hydrogens is 196 g/mol. The topological polar surface area (TPSA) is 72.6 Å². The van der Waals surface area contributed by atoms with Crippen molar-refractivity contribution in [3.63, 3.8) is 0 Å². The van der Waals surface area contributed by atoms with Gasteiger partial charge in [0.1, 0.15) is 6.54 Å². The van der Waals surface area contributed by atoms with Crippen LogP contribution >= 0.6 is 0 Å². The molecule has 0 aliphatic heterocycles. The summed E-state index contributed by atoms with van der Waals surface area (Å²) in [4.78, 5) is 23.7. The lowest BCUT2D eigenvalue weighted by Crippen LogP contribution is -2.32. The van der Waals surface area contributed by atoms with Crippen molar-refractivity contribution in [2.75, 3.05) is 27.2 Å². The number of amides is 1. The van der Waals surface area contributed by atoms with Gasteiger partial charge in [0.2, 0.25) is 5.91 Å². The van der Waals surface area contributed by atoms with Crippen LogP contribution in [-0.2, 0) is 14.3 Å². The number of hydrogen-bond acceptors (Lipinski definition) is 4. The quantitative estimate of drug-likeness (QED) is 0.485. The van der Waals surface area contributed by atoms with Gasteiger partial charge in [0.15, 0.2) is 0 Å². The Kier molecular flexibility index (Phi) is 7.62. The summed E-state index contributed by atoms with van der Waals surface area (Å²) in [6, 6.07) is 0. The SMILES string of the molecule is COC(=O)CN(C)C(=O)CCCCCN. The zero-order valence-corrected chi connectivity index (χ0v) is 9.49. The normalized spacial score (nSPS) is 9.80. The van der Waals surface area contributed by atoms with E-state index >= 15 is 0 Å². The van der Waals surface area contributed by atoms with E-state index in [1.165, 1.54) is 12.0 Å². The van der Waals surface area contributed by atoms with Crippen LogP contribution in [0.3, 0.4) is 0 Å². The maximum Gasteiger partial charge on any atom is 0.325 e. The van der Waals surface area contributed by atoms with Crippen LogP contribution in [0.15, 0.2) is 0 Å². The van der Waals surface area contributed by atoms with Crippen LogP contribution < -0.4 is 5.73 Å². The first-order chi connectivity index (χ1) is 7.11. The Morgan fingerprint density at radius 1 is 1.27 bits per heavy atom. The van der Waals surface area contributed by atoms with Crippen molar-refractivity contribution in [2.24, 2.45) is 5.73 Å². The molecule has 2 N–H and O–H groups in total. The first kappa shape index (κ1) is 13.9. The highest BCUT2D eigenvalue weighted by Gasteiger charge is 2.12. The highest BCUT2D eigenvalue weighted by atomic mass is 16.5. The number of rotatable bonds is 7. The van der Waals surface area contributed by atoms with Crippen molar-refractivity contribution < 1.29 is 14.3 Å².